The molecule has 1 aromatic heterocycles. The molecule has 3 aromatic rings. The maximum absolute atomic E-state index is 12.6. The number of esters is 1. The number of hydrogen-bond donors (Lipinski definition) is 3. The molecule has 0 spiro atoms. The molecule has 122 valence electrons. The monoisotopic (exact) mass is 325 g/mol. The van der Waals surface area contributed by atoms with Crippen molar-refractivity contribution in [1.29, 1.82) is 0 Å². The zero-order valence-electron chi connectivity index (χ0n) is 12.9. The molecule has 0 fully saturated rings. The molecule has 0 radical (unpaired) electrons. The summed E-state index contributed by atoms with van der Waals surface area (Å²) < 4.78 is 4.99. The summed E-state index contributed by atoms with van der Waals surface area (Å²) in [4.78, 5) is 41.2. The molecule has 0 saturated heterocycles. The molecule has 3 rings (SSSR count). The van der Waals surface area contributed by atoms with Crippen LogP contribution in [0.4, 0.5) is 5.69 Å². The minimum Gasteiger partial charge on any atom is -0.462 e. The van der Waals surface area contributed by atoms with Gasteiger partial charge in [-0.1, -0.05) is 18.2 Å². The standard InChI is InChI=1S/C17H15N3O4/c1-2-24-16(22)10-6-3-4-8-12(10)18-15(21)11-7-5-9-13-14(11)20-17(23)19-13/h3-9H,2H2,1H3,(H,18,21)(H2,19,20,23). The van der Waals surface area contributed by atoms with Crippen molar-refractivity contribution in [2.24, 2.45) is 0 Å². The normalized spacial score (nSPS) is 10.5. The van der Waals surface area contributed by atoms with E-state index in [1.165, 1.54) is 0 Å². The second-order valence-electron chi connectivity index (χ2n) is 5.03. The van der Waals surface area contributed by atoms with Crippen LogP contribution in [0.15, 0.2) is 47.3 Å². The van der Waals surface area contributed by atoms with E-state index in [0.717, 1.165) is 0 Å². The molecule has 0 bridgehead atoms. The zero-order chi connectivity index (χ0) is 17.1. The molecule has 1 heterocycles. The third-order valence-corrected chi connectivity index (χ3v) is 3.47. The number of carbonyl (C=O) groups is 2. The summed E-state index contributed by atoms with van der Waals surface area (Å²) in [6.07, 6.45) is 0. The van der Waals surface area contributed by atoms with Crippen molar-refractivity contribution in [1.82, 2.24) is 9.97 Å². The molecule has 0 atom stereocenters. The molecule has 7 nitrogen and oxygen atoms in total. The van der Waals surface area contributed by atoms with Crippen molar-refractivity contribution >= 4 is 28.6 Å². The highest BCUT2D eigenvalue weighted by Crippen LogP contribution is 2.19. The van der Waals surface area contributed by atoms with Gasteiger partial charge in [0, 0.05) is 0 Å². The van der Waals surface area contributed by atoms with Crippen LogP contribution in [0, 0.1) is 0 Å². The van der Waals surface area contributed by atoms with E-state index in [2.05, 4.69) is 15.3 Å². The van der Waals surface area contributed by atoms with Gasteiger partial charge < -0.3 is 20.0 Å². The highest BCUT2D eigenvalue weighted by atomic mass is 16.5. The lowest BCUT2D eigenvalue weighted by molar-refractivity contribution is 0.0527. The number of nitrogens with one attached hydrogen (secondary N) is 3. The Morgan fingerprint density at radius 1 is 1.04 bits per heavy atom. The van der Waals surface area contributed by atoms with E-state index in [0.29, 0.717) is 22.3 Å². The van der Waals surface area contributed by atoms with Crippen molar-refractivity contribution in [2.45, 2.75) is 6.92 Å². The minimum atomic E-state index is -0.512. The van der Waals surface area contributed by atoms with Gasteiger partial charge in [-0.15, -0.1) is 0 Å². The van der Waals surface area contributed by atoms with E-state index in [4.69, 9.17) is 4.74 Å². The highest BCUT2D eigenvalue weighted by Gasteiger charge is 2.17. The molecular formula is C17H15N3O4. The number of hydrogen-bond acceptors (Lipinski definition) is 4. The maximum atomic E-state index is 12.6. The van der Waals surface area contributed by atoms with Crippen LogP contribution in [0.3, 0.4) is 0 Å². The number of aromatic amines is 2. The number of aromatic nitrogens is 2. The number of fused-ring (bicyclic) bond motifs is 1. The molecule has 0 saturated carbocycles. The summed E-state index contributed by atoms with van der Waals surface area (Å²) >= 11 is 0. The van der Waals surface area contributed by atoms with Crippen LogP contribution < -0.4 is 11.0 Å². The first-order valence-electron chi connectivity index (χ1n) is 7.38. The molecule has 0 aliphatic carbocycles. The molecular weight excluding hydrogens is 310 g/mol. The zero-order valence-corrected chi connectivity index (χ0v) is 12.9. The third-order valence-electron chi connectivity index (χ3n) is 3.47. The first-order valence-corrected chi connectivity index (χ1v) is 7.38. The van der Waals surface area contributed by atoms with Crippen LogP contribution in [-0.2, 0) is 4.74 Å². The van der Waals surface area contributed by atoms with Gasteiger partial charge in [0.25, 0.3) is 5.91 Å². The first-order chi connectivity index (χ1) is 11.6. The Kier molecular flexibility index (Phi) is 4.15. The van der Waals surface area contributed by atoms with E-state index < -0.39 is 17.6 Å². The second-order valence-corrected chi connectivity index (χ2v) is 5.03. The van der Waals surface area contributed by atoms with Crippen LogP contribution in [0.25, 0.3) is 11.0 Å². The lowest BCUT2D eigenvalue weighted by Crippen LogP contribution is -2.16. The van der Waals surface area contributed by atoms with Gasteiger partial charge >= 0.3 is 11.7 Å². The Bertz CT molecular complexity index is 971. The fraction of sp³-hybridized carbons (Fsp3) is 0.118. The maximum Gasteiger partial charge on any atom is 0.340 e. The second kappa shape index (κ2) is 6.41. The number of para-hydroxylation sites is 2. The lowest BCUT2D eigenvalue weighted by atomic mass is 10.1. The SMILES string of the molecule is CCOC(=O)c1ccccc1NC(=O)c1cccc2[nH]c(=O)[nH]c12. The third kappa shape index (κ3) is 2.91. The number of ether oxygens (including phenoxy) is 1. The molecule has 2 aromatic carbocycles. The van der Waals surface area contributed by atoms with Crippen molar-refractivity contribution in [3.63, 3.8) is 0 Å². The van der Waals surface area contributed by atoms with E-state index in [-0.39, 0.29) is 12.2 Å². The Morgan fingerprint density at radius 3 is 2.58 bits per heavy atom. The quantitative estimate of drug-likeness (QED) is 0.640. The van der Waals surface area contributed by atoms with Crippen molar-refractivity contribution in [2.75, 3.05) is 11.9 Å². The van der Waals surface area contributed by atoms with Crippen LogP contribution in [0.5, 0.6) is 0 Å². The number of rotatable bonds is 4. The molecule has 0 aliphatic rings. The molecule has 0 unspecified atom stereocenters. The number of amides is 1. The first kappa shape index (κ1) is 15.5. The van der Waals surface area contributed by atoms with Gasteiger partial charge in [-0.2, -0.15) is 0 Å². The number of benzene rings is 2. The highest BCUT2D eigenvalue weighted by molar-refractivity contribution is 6.13. The van der Waals surface area contributed by atoms with Gasteiger partial charge in [0.15, 0.2) is 0 Å². The summed E-state index contributed by atoms with van der Waals surface area (Å²) in [5.74, 6) is -0.950. The minimum absolute atomic E-state index is 0.241. The fourth-order valence-corrected chi connectivity index (χ4v) is 2.42. The lowest BCUT2D eigenvalue weighted by Gasteiger charge is -2.10. The molecule has 3 N–H and O–H groups in total. The predicted molar refractivity (Wildman–Crippen MR) is 89.3 cm³/mol. The number of H-pyrrole nitrogens is 2. The molecule has 1 amide bonds. The van der Waals surface area contributed by atoms with Crippen molar-refractivity contribution < 1.29 is 14.3 Å². The number of imidazole rings is 1. The number of carbonyl (C=O) groups excluding carboxylic acids is 2. The summed E-state index contributed by atoms with van der Waals surface area (Å²) in [5, 5.41) is 2.69. The van der Waals surface area contributed by atoms with Gasteiger partial charge in [-0.05, 0) is 31.2 Å². The average Bonchev–Trinajstić information content (AvgIpc) is 2.95. The van der Waals surface area contributed by atoms with Gasteiger partial charge in [0.2, 0.25) is 0 Å². The fourth-order valence-electron chi connectivity index (χ4n) is 2.42. The molecule has 0 aliphatic heterocycles. The summed E-state index contributed by atoms with van der Waals surface area (Å²) in [6, 6.07) is 11.5. The van der Waals surface area contributed by atoms with E-state index in [9.17, 15) is 14.4 Å². The van der Waals surface area contributed by atoms with E-state index in [1.807, 2.05) is 0 Å². The van der Waals surface area contributed by atoms with Crippen LogP contribution >= 0.6 is 0 Å². The van der Waals surface area contributed by atoms with Crippen LogP contribution in [0.1, 0.15) is 27.6 Å². The van der Waals surface area contributed by atoms with Crippen LogP contribution in [0.2, 0.25) is 0 Å². The molecule has 24 heavy (non-hydrogen) atoms. The van der Waals surface area contributed by atoms with Crippen molar-refractivity contribution in [3.05, 3.63) is 64.1 Å². The Labute approximate surface area is 136 Å². The Balaban J connectivity index is 1.95. The molecule has 7 heteroatoms. The van der Waals surface area contributed by atoms with Crippen molar-refractivity contribution in [3.8, 4) is 0 Å². The Morgan fingerprint density at radius 2 is 1.79 bits per heavy atom. The van der Waals surface area contributed by atoms with E-state index >= 15 is 0 Å². The van der Waals surface area contributed by atoms with Gasteiger partial charge in [-0.25, -0.2) is 9.59 Å². The van der Waals surface area contributed by atoms with Gasteiger partial charge in [0.1, 0.15) is 0 Å². The number of anilines is 1. The summed E-state index contributed by atoms with van der Waals surface area (Å²) in [6.45, 7) is 1.95. The van der Waals surface area contributed by atoms with Gasteiger partial charge in [-0.3, -0.25) is 4.79 Å². The average molecular weight is 325 g/mol. The Hall–Kier alpha value is -3.35. The summed E-state index contributed by atoms with van der Waals surface area (Å²) in [7, 11) is 0. The topological polar surface area (TPSA) is 104 Å². The largest absolute Gasteiger partial charge is 0.462 e. The smallest absolute Gasteiger partial charge is 0.340 e. The van der Waals surface area contributed by atoms with Gasteiger partial charge in [0.05, 0.1) is 34.5 Å². The summed E-state index contributed by atoms with van der Waals surface area (Å²) in [5.41, 5.74) is 1.46. The predicted octanol–water partition coefficient (Wildman–Crippen LogP) is 2.29. The van der Waals surface area contributed by atoms with E-state index in [1.54, 1.807) is 49.4 Å². The van der Waals surface area contributed by atoms with Crippen LogP contribution in [-0.4, -0.2) is 28.5 Å².